The highest BCUT2D eigenvalue weighted by Gasteiger charge is 2.40. The number of ether oxygens (including phenoxy) is 2. The van der Waals surface area contributed by atoms with E-state index in [0.717, 1.165) is 94.2 Å². The van der Waals surface area contributed by atoms with Crippen molar-refractivity contribution in [3.8, 4) is 0 Å². The molecule has 0 saturated heterocycles. The second-order valence-corrected chi connectivity index (χ2v) is 40.0. The van der Waals surface area contributed by atoms with Crippen LogP contribution < -0.4 is 20.0 Å². The molecule has 0 amide bonds. The molecule has 4 aliphatic rings. The van der Waals surface area contributed by atoms with Gasteiger partial charge in [0.15, 0.2) is 39.3 Å². The van der Waals surface area contributed by atoms with Crippen molar-refractivity contribution in [2.75, 3.05) is 80.1 Å². The number of sulfone groups is 4. The average Bonchev–Trinajstić information content (AvgIpc) is 1.62. The zero-order chi connectivity index (χ0) is 88.0. The molecule has 0 fully saturated rings. The first-order valence-electron chi connectivity index (χ1n) is 39.3. The van der Waals surface area contributed by atoms with Gasteiger partial charge in [0.2, 0.25) is 23.1 Å². The number of aliphatic hydroxyl groups is 2. The van der Waals surface area contributed by atoms with Crippen LogP contribution >= 0.6 is 11.6 Å². The molecule has 4 aliphatic heterocycles. The summed E-state index contributed by atoms with van der Waals surface area (Å²) in [6.45, 7) is 29.3. The molecule has 0 radical (unpaired) electrons. The monoisotopic (exact) mass is 1750 g/mol. The molecule has 0 aliphatic carbocycles. The SMILES string of the molecule is COC(=O)c1cc2nc3n(c2cc1S(C)(=O)=O)CCN(c1nccc(C)n1)[C@@H]3C(C)C.COC(=O)c1cc2nc3n(c2cc1S(C)(=O)=O)CCN[C@@H]3C(C)C.Cc1ccnc(Cl)n1.Cc1ccnc(N2CCn3c(nc4cc(CO)c(S(C)(=O)=O)cc43)[C@@H]2C(C)C)n1.Cc1ccnc(N2CCn3c(nc4cc(CO)c(S(C)(=O)=O)cc43)[C@H]2C(C)C)n1. The second-order valence-electron chi connectivity index (χ2n) is 31.7. The van der Waals surface area contributed by atoms with Crippen molar-refractivity contribution in [2.45, 2.75) is 166 Å². The fourth-order valence-electron chi connectivity index (χ4n) is 15.9. The molecule has 12 aromatic rings. The number of benzene rings is 4. The molecule has 0 unspecified atom stereocenters. The minimum absolute atomic E-state index is 0.00656. The van der Waals surface area contributed by atoms with E-state index in [2.05, 4.69) is 129 Å². The molecule has 8 aromatic heterocycles. The Morgan fingerprint density at radius 2 is 0.711 bits per heavy atom. The predicted octanol–water partition coefficient (Wildman–Crippen LogP) is 10.0. The summed E-state index contributed by atoms with van der Waals surface area (Å²) in [6, 6.07) is 20.0. The van der Waals surface area contributed by atoms with Gasteiger partial charge in [-0.15, -0.1) is 0 Å². The van der Waals surface area contributed by atoms with E-state index >= 15 is 0 Å². The number of anilines is 3. The molecule has 0 saturated carbocycles. The van der Waals surface area contributed by atoms with Gasteiger partial charge in [-0.25, -0.2) is 103 Å². The Labute approximate surface area is 708 Å². The summed E-state index contributed by atoms with van der Waals surface area (Å²) in [5.74, 6) is 5.00. The highest BCUT2D eigenvalue weighted by Crippen LogP contribution is 2.42. The van der Waals surface area contributed by atoms with Crippen molar-refractivity contribution < 1.29 is 62.9 Å². The molecule has 4 atom stereocenters. The number of halogens is 1. The molecule has 3 N–H and O–H groups in total. The number of imidazole rings is 4. The number of methoxy groups -OCH3 is 2. The van der Waals surface area contributed by atoms with Gasteiger partial charge in [0.25, 0.3) is 0 Å². The van der Waals surface area contributed by atoms with Crippen molar-refractivity contribution in [1.82, 2.24) is 83.4 Å². The lowest BCUT2D eigenvalue weighted by Gasteiger charge is -2.38. The van der Waals surface area contributed by atoms with E-state index in [1.807, 2.05) is 55.0 Å². The first kappa shape index (κ1) is 89.6. The molecule has 0 bridgehead atoms. The van der Waals surface area contributed by atoms with E-state index in [1.54, 1.807) is 55.1 Å². The minimum atomic E-state index is -3.65. The maximum absolute atomic E-state index is 12.4. The van der Waals surface area contributed by atoms with Crippen LogP contribution in [0.25, 0.3) is 44.1 Å². The third-order valence-corrected chi connectivity index (χ3v) is 26.2. The van der Waals surface area contributed by atoms with Crippen molar-refractivity contribution in [1.29, 1.82) is 0 Å². The maximum Gasteiger partial charge on any atom is 0.339 e. The Bertz CT molecular complexity index is 6250. The Morgan fingerprint density at radius 1 is 0.413 bits per heavy atom. The molecular weight excluding hydrogens is 1650 g/mol. The lowest BCUT2D eigenvalue weighted by Crippen LogP contribution is -2.41. The molecular formula is C82H101ClN20O14S4. The number of nitrogens with one attached hydrogen (secondary N) is 1. The normalized spacial score (nSPS) is 16.7. The number of hydrogen-bond donors (Lipinski definition) is 3. The van der Waals surface area contributed by atoms with Crippen LogP contribution in [-0.2, 0) is 88.2 Å². The summed E-state index contributed by atoms with van der Waals surface area (Å²) in [4.78, 5) is 84.8. The summed E-state index contributed by atoms with van der Waals surface area (Å²) < 4.78 is 116. The number of rotatable bonds is 15. The summed E-state index contributed by atoms with van der Waals surface area (Å²) in [6.07, 6.45) is 11.4. The van der Waals surface area contributed by atoms with Crippen LogP contribution in [0.2, 0.25) is 5.28 Å². The van der Waals surface area contributed by atoms with Crippen LogP contribution in [0.15, 0.2) is 117 Å². The first-order chi connectivity index (χ1) is 57.0. The van der Waals surface area contributed by atoms with Gasteiger partial charge in [0.05, 0.1) is 126 Å². The van der Waals surface area contributed by atoms with Gasteiger partial charge in [-0.05, 0) is 147 Å². The number of carbonyl (C=O) groups is 2. The fraction of sp³-hybridized carbons (Fsp3) is 0.439. The van der Waals surface area contributed by atoms with Crippen LogP contribution in [0, 0.1) is 51.4 Å². The first-order valence-corrected chi connectivity index (χ1v) is 47.2. The third-order valence-electron chi connectivity index (χ3n) is 21.3. The molecule has 644 valence electrons. The number of nitrogens with zero attached hydrogens (tertiary/aromatic N) is 19. The largest absolute Gasteiger partial charge is 0.465 e. The average molecular weight is 1750 g/mol. The number of carbonyl (C=O) groups excluding carboxylic acids is 2. The zero-order valence-corrected chi connectivity index (χ0v) is 74.8. The molecule has 34 nitrogen and oxygen atoms in total. The second kappa shape index (κ2) is 35.8. The maximum atomic E-state index is 12.4. The number of aromatic nitrogens is 16. The Hall–Kier alpha value is -10.6. The Morgan fingerprint density at radius 3 is 0.983 bits per heavy atom. The highest BCUT2D eigenvalue weighted by molar-refractivity contribution is 7.91. The van der Waals surface area contributed by atoms with E-state index in [-0.39, 0.29) is 85.8 Å². The van der Waals surface area contributed by atoms with Crippen LogP contribution in [0.4, 0.5) is 17.8 Å². The standard InChI is InChI=1S/C21H25N5O4S.2C20H25N5O3S.C16H21N3O4S.C5H5ClN2/c1-12(2)18-19-24-15-10-14(20(27)30-4)17(31(5,28)29)11-16(15)25(19)8-9-26(18)21-22-7-6-13(3)23-21;2*1-12(2)18-19-23-15-9-14(11-26)17(29(4,27)28)10-16(15)24(19)7-8-25(18)20-21-6-5-13(3)22-20;1-9(2)14-15-18-11-7-10(16(20)23-3)13(24(4,21)22)8-12(11)19(15)6-5-17-14;1-4-2-3-7-5(6)8-4/h6-7,10-12,18H,8-9H2,1-5H3;2*5-6,9-10,12,18,26H,7-8,11H2,1-4H3;7-9,14,17H,5-6H2,1-4H3;2-3H,1H3/t3*18-;14-;/m1101./s1. The van der Waals surface area contributed by atoms with E-state index < -0.39 is 51.3 Å². The summed E-state index contributed by atoms with van der Waals surface area (Å²) in [5, 5.41) is 23.1. The zero-order valence-electron chi connectivity index (χ0n) is 70.7. The van der Waals surface area contributed by atoms with Crippen LogP contribution in [0.3, 0.4) is 0 Å². The molecule has 121 heavy (non-hydrogen) atoms. The van der Waals surface area contributed by atoms with E-state index in [1.165, 1.54) is 38.5 Å². The number of aryl methyl sites for hydroxylation is 4. The van der Waals surface area contributed by atoms with Gasteiger partial charge in [-0.2, -0.15) is 0 Å². The number of aliphatic hydroxyl groups excluding tert-OH is 2. The smallest absolute Gasteiger partial charge is 0.339 e. The molecule has 16 rings (SSSR count). The topological polar surface area (TPSA) is 426 Å². The Balaban J connectivity index is 0.000000143. The summed E-state index contributed by atoms with van der Waals surface area (Å²) in [7, 11) is -11.7. The van der Waals surface area contributed by atoms with Gasteiger partial charge in [0, 0.05) is 125 Å². The van der Waals surface area contributed by atoms with E-state index in [4.69, 9.17) is 36.0 Å². The third kappa shape index (κ3) is 18.9. The molecule has 39 heteroatoms. The van der Waals surface area contributed by atoms with Crippen LogP contribution in [-0.4, -0.2) is 199 Å². The van der Waals surface area contributed by atoms with E-state index in [0.29, 0.717) is 114 Å². The number of fused-ring (bicyclic) bond motifs is 12. The molecule has 4 aromatic carbocycles. The van der Waals surface area contributed by atoms with E-state index in [9.17, 15) is 53.5 Å². The summed E-state index contributed by atoms with van der Waals surface area (Å²) >= 11 is 5.42. The van der Waals surface area contributed by atoms with Crippen molar-refractivity contribution in [3.63, 3.8) is 0 Å². The highest BCUT2D eigenvalue weighted by atomic mass is 35.5. The van der Waals surface area contributed by atoms with Crippen molar-refractivity contribution >= 4 is 125 Å². The predicted molar refractivity (Wildman–Crippen MR) is 458 cm³/mol. The number of esters is 2. The van der Waals surface area contributed by atoms with Gasteiger partial charge < -0.3 is 58.0 Å². The molecule has 12 heterocycles. The van der Waals surface area contributed by atoms with Gasteiger partial charge in [-0.3, -0.25) is 0 Å². The van der Waals surface area contributed by atoms with Gasteiger partial charge >= 0.3 is 11.9 Å². The van der Waals surface area contributed by atoms with Crippen molar-refractivity contribution in [3.05, 3.63) is 171 Å². The van der Waals surface area contributed by atoms with Crippen molar-refractivity contribution in [2.24, 2.45) is 23.7 Å². The van der Waals surface area contributed by atoms with Crippen LogP contribution in [0.5, 0.6) is 0 Å². The summed E-state index contributed by atoms with van der Waals surface area (Å²) in [5.41, 5.74) is 9.83. The quantitative estimate of drug-likeness (QED) is 0.0634. The fourth-order valence-corrected chi connectivity index (χ4v) is 19.7. The number of hydrogen-bond acceptors (Lipinski definition) is 30. The van der Waals surface area contributed by atoms with Gasteiger partial charge in [-0.1, -0.05) is 55.4 Å². The Kier molecular flexibility index (Phi) is 26.5. The minimum Gasteiger partial charge on any atom is -0.465 e. The lowest BCUT2D eigenvalue weighted by atomic mass is 10.00. The van der Waals surface area contributed by atoms with Crippen LogP contribution in [0.1, 0.15) is 157 Å². The van der Waals surface area contributed by atoms with Gasteiger partial charge in [0.1, 0.15) is 23.3 Å². The molecule has 0 spiro atoms. The lowest BCUT2D eigenvalue weighted by molar-refractivity contribution is 0.0588.